The molecule has 0 spiro atoms. The Morgan fingerprint density at radius 3 is 2.35 bits per heavy atom. The van der Waals surface area contributed by atoms with E-state index in [1.54, 1.807) is 19.1 Å². The van der Waals surface area contributed by atoms with E-state index in [0.717, 1.165) is 55.7 Å². The van der Waals surface area contributed by atoms with Crippen molar-refractivity contribution in [2.24, 2.45) is 28.7 Å². The van der Waals surface area contributed by atoms with Gasteiger partial charge in [-0.05, 0) is 74.6 Å². The third-order valence-electron chi connectivity index (χ3n) is 10.9. The first-order valence-electron chi connectivity index (χ1n) is 20.4. The van der Waals surface area contributed by atoms with Gasteiger partial charge in [0.15, 0.2) is 5.78 Å². The minimum atomic E-state index is -0.631. The van der Waals surface area contributed by atoms with E-state index < -0.39 is 24.0 Å². The summed E-state index contributed by atoms with van der Waals surface area (Å²) in [5, 5.41) is 17.1. The number of methoxy groups -OCH3 is 1. The van der Waals surface area contributed by atoms with E-state index in [9.17, 15) is 24.3 Å². The number of thioether (sulfide) groups is 1. The lowest BCUT2D eigenvalue weighted by Crippen LogP contribution is -2.51. The molecule has 0 aromatic heterocycles. The standard InChI is InChI=1S/C42H68N4O7S/c1-9-20-46(41(50)33(28(6)11-3)24-37(48)34-14-12-13-19-43-34)36(27(4)5)25-38(53-21-10-2)40-45-35(26-54-40)39(49)44-31(22-29(7)42(51)52-8)23-30-15-17-32(47)18-16-30/h15-18,27-29,31,33-36,38,43,47H,9-14,19-26H2,1-8H3,(H,44,49)/t28-,29-,31+,33-,34+,35?,36+,38+/m0/s1. The number of aliphatic imine (C=N–C) groups is 1. The number of hydrogen-bond donors (Lipinski definition) is 3. The lowest BCUT2D eigenvalue weighted by molar-refractivity contribution is -0.145. The largest absolute Gasteiger partial charge is 0.508 e. The number of nitrogens with zero attached hydrogens (tertiary/aromatic N) is 2. The third kappa shape index (κ3) is 13.7. The molecule has 1 aromatic carbocycles. The highest BCUT2D eigenvalue weighted by molar-refractivity contribution is 8.14. The summed E-state index contributed by atoms with van der Waals surface area (Å²) in [7, 11) is 1.36. The number of amides is 2. The summed E-state index contributed by atoms with van der Waals surface area (Å²) < 4.78 is 11.4. The van der Waals surface area contributed by atoms with Gasteiger partial charge in [0, 0.05) is 49.7 Å². The molecular weight excluding hydrogens is 705 g/mol. The highest BCUT2D eigenvalue weighted by Crippen LogP contribution is 2.31. The van der Waals surface area contributed by atoms with Crippen LogP contribution in [-0.4, -0.2) is 101 Å². The monoisotopic (exact) mass is 772 g/mol. The van der Waals surface area contributed by atoms with Gasteiger partial charge in [-0.2, -0.15) is 0 Å². The number of phenols is 1. The molecule has 1 saturated heterocycles. The molecule has 12 heteroatoms. The van der Waals surface area contributed by atoms with Crippen LogP contribution in [0.3, 0.4) is 0 Å². The fourth-order valence-electron chi connectivity index (χ4n) is 7.51. The van der Waals surface area contributed by atoms with Gasteiger partial charge in [-0.25, -0.2) is 0 Å². The average molecular weight is 773 g/mol. The second-order valence-electron chi connectivity index (χ2n) is 15.6. The summed E-state index contributed by atoms with van der Waals surface area (Å²) in [4.78, 5) is 61.2. The predicted molar refractivity (Wildman–Crippen MR) is 217 cm³/mol. The number of nitrogens with one attached hydrogen (secondary N) is 2. The fraction of sp³-hybridized carbons (Fsp3) is 0.738. The van der Waals surface area contributed by atoms with Gasteiger partial charge in [0.2, 0.25) is 11.8 Å². The molecule has 54 heavy (non-hydrogen) atoms. The quantitative estimate of drug-likeness (QED) is 0.108. The first-order valence-corrected chi connectivity index (χ1v) is 21.4. The Hall–Kier alpha value is -2.96. The van der Waals surface area contributed by atoms with Gasteiger partial charge in [-0.15, -0.1) is 11.8 Å². The summed E-state index contributed by atoms with van der Waals surface area (Å²) in [5.74, 6) is -0.396. The minimum absolute atomic E-state index is 0.0439. The SMILES string of the molecule is CCCO[C@H](C[C@H](C(C)C)N(CCC)C(=O)[C@@H](CC(=O)[C@H]1CCCCN1)[C@@H](C)CC)C1=NC(C(=O)N[C@@H](Cc2ccc(O)cc2)C[C@H](C)C(=O)OC)CS1. The van der Waals surface area contributed by atoms with Crippen molar-refractivity contribution in [3.8, 4) is 5.75 Å². The number of carbonyl (C=O) groups excluding carboxylic acids is 4. The van der Waals surface area contributed by atoms with Crippen molar-refractivity contribution in [3.63, 3.8) is 0 Å². The average Bonchev–Trinajstić information content (AvgIpc) is 3.67. The molecule has 0 bridgehead atoms. The summed E-state index contributed by atoms with van der Waals surface area (Å²) in [6.07, 6.45) is 6.60. The Bertz CT molecular complexity index is 1370. The molecule has 3 N–H and O–H groups in total. The van der Waals surface area contributed by atoms with Gasteiger partial charge in [-0.3, -0.25) is 24.2 Å². The summed E-state index contributed by atoms with van der Waals surface area (Å²) in [6, 6.07) is 5.52. The molecule has 1 fully saturated rings. The molecule has 2 aliphatic heterocycles. The number of rotatable bonds is 23. The molecule has 2 heterocycles. The van der Waals surface area contributed by atoms with E-state index in [1.807, 2.05) is 17.0 Å². The molecule has 8 atom stereocenters. The lowest BCUT2D eigenvalue weighted by Gasteiger charge is -2.39. The van der Waals surface area contributed by atoms with Crippen molar-refractivity contribution in [3.05, 3.63) is 29.8 Å². The number of hydrogen-bond acceptors (Lipinski definition) is 10. The van der Waals surface area contributed by atoms with E-state index in [2.05, 4.69) is 52.2 Å². The topological polar surface area (TPSA) is 147 Å². The van der Waals surface area contributed by atoms with Crippen molar-refractivity contribution < 1.29 is 33.8 Å². The summed E-state index contributed by atoms with van der Waals surface area (Å²) in [6.45, 7) is 16.3. The van der Waals surface area contributed by atoms with Crippen LogP contribution in [-0.2, 0) is 35.1 Å². The third-order valence-corrected chi connectivity index (χ3v) is 12.1. The van der Waals surface area contributed by atoms with Crippen LogP contribution in [0.4, 0.5) is 0 Å². The van der Waals surface area contributed by atoms with Crippen molar-refractivity contribution in [1.82, 2.24) is 15.5 Å². The maximum absolute atomic E-state index is 14.6. The number of carbonyl (C=O) groups is 4. The van der Waals surface area contributed by atoms with Crippen LogP contribution in [0, 0.1) is 23.7 Å². The number of aromatic hydroxyl groups is 1. The lowest BCUT2D eigenvalue weighted by atomic mass is 9.83. The van der Waals surface area contributed by atoms with E-state index in [-0.39, 0.29) is 65.7 Å². The number of ketones is 1. The Kier molecular flexibility index (Phi) is 19.5. The molecule has 0 radical (unpaired) electrons. The highest BCUT2D eigenvalue weighted by Gasteiger charge is 2.39. The second-order valence-corrected chi connectivity index (χ2v) is 16.7. The van der Waals surface area contributed by atoms with Gasteiger partial charge < -0.3 is 30.1 Å². The van der Waals surface area contributed by atoms with Gasteiger partial charge in [0.25, 0.3) is 0 Å². The summed E-state index contributed by atoms with van der Waals surface area (Å²) in [5.41, 5.74) is 0.921. The number of Topliss-reactive ketones (excluding diaryl/α,β-unsaturated/α-hetero) is 1. The predicted octanol–water partition coefficient (Wildman–Crippen LogP) is 6.34. The zero-order valence-electron chi connectivity index (χ0n) is 34.1. The molecule has 3 rings (SSSR count). The molecule has 1 aromatic rings. The number of benzene rings is 1. The molecule has 0 aliphatic carbocycles. The number of phenolic OH excluding ortho intramolecular Hbond substituents is 1. The molecule has 1 unspecified atom stereocenters. The Morgan fingerprint density at radius 2 is 1.76 bits per heavy atom. The van der Waals surface area contributed by atoms with Crippen molar-refractivity contribution >= 4 is 40.4 Å². The second kappa shape index (κ2) is 23.2. The smallest absolute Gasteiger partial charge is 0.308 e. The normalized spacial score (nSPS) is 20.6. The summed E-state index contributed by atoms with van der Waals surface area (Å²) >= 11 is 1.53. The van der Waals surface area contributed by atoms with Crippen molar-refractivity contribution in [2.75, 3.05) is 32.6 Å². The van der Waals surface area contributed by atoms with Crippen LogP contribution >= 0.6 is 11.8 Å². The number of piperidine rings is 1. The van der Waals surface area contributed by atoms with Crippen LogP contribution in [0.5, 0.6) is 5.75 Å². The van der Waals surface area contributed by atoms with Crippen LogP contribution < -0.4 is 10.6 Å². The number of esters is 1. The highest BCUT2D eigenvalue weighted by atomic mass is 32.2. The first-order chi connectivity index (χ1) is 25.8. The zero-order valence-corrected chi connectivity index (χ0v) is 34.9. The Morgan fingerprint density at radius 1 is 1.04 bits per heavy atom. The van der Waals surface area contributed by atoms with Gasteiger partial charge in [0.05, 0.1) is 24.1 Å². The molecule has 0 saturated carbocycles. The van der Waals surface area contributed by atoms with E-state index in [4.69, 9.17) is 14.5 Å². The van der Waals surface area contributed by atoms with E-state index >= 15 is 0 Å². The Balaban J connectivity index is 1.83. The molecule has 11 nitrogen and oxygen atoms in total. The van der Waals surface area contributed by atoms with Gasteiger partial charge >= 0.3 is 5.97 Å². The van der Waals surface area contributed by atoms with Crippen LogP contribution in [0.15, 0.2) is 29.3 Å². The minimum Gasteiger partial charge on any atom is -0.508 e. The first kappa shape index (κ1) is 45.4. The molecular formula is C42H68N4O7S. The Labute approximate surface area is 328 Å². The van der Waals surface area contributed by atoms with Crippen LogP contribution in [0.1, 0.15) is 112 Å². The van der Waals surface area contributed by atoms with Crippen LogP contribution in [0.25, 0.3) is 0 Å². The maximum Gasteiger partial charge on any atom is 0.308 e. The molecule has 304 valence electrons. The van der Waals surface area contributed by atoms with E-state index in [1.165, 1.54) is 18.9 Å². The zero-order chi connectivity index (χ0) is 39.8. The van der Waals surface area contributed by atoms with Crippen LogP contribution in [0.2, 0.25) is 0 Å². The number of ether oxygens (including phenoxy) is 2. The van der Waals surface area contributed by atoms with Crippen molar-refractivity contribution in [1.29, 1.82) is 0 Å². The maximum atomic E-state index is 14.6. The molecule has 2 aliphatic rings. The van der Waals surface area contributed by atoms with Crippen molar-refractivity contribution in [2.45, 2.75) is 143 Å². The fourth-order valence-corrected chi connectivity index (χ4v) is 8.61. The van der Waals surface area contributed by atoms with Gasteiger partial charge in [-0.1, -0.05) is 73.4 Å². The van der Waals surface area contributed by atoms with E-state index in [0.29, 0.717) is 38.2 Å². The molecule has 2 amide bonds. The van der Waals surface area contributed by atoms with Gasteiger partial charge in [0.1, 0.15) is 17.9 Å².